The molecule has 0 bridgehead atoms. The minimum Gasteiger partial charge on any atom is -0.267 e. The van der Waals surface area contributed by atoms with Gasteiger partial charge in [-0.05, 0) is 36.4 Å². The van der Waals surface area contributed by atoms with Gasteiger partial charge >= 0.3 is 6.18 Å². The summed E-state index contributed by atoms with van der Waals surface area (Å²) in [6.45, 7) is 0. The zero-order valence-electron chi connectivity index (χ0n) is 12.7. The third kappa shape index (κ3) is 3.94. The van der Waals surface area contributed by atoms with Crippen LogP contribution in [0.5, 0.6) is 0 Å². The Morgan fingerprint density at radius 1 is 1.00 bits per heavy atom. The fourth-order valence-electron chi connectivity index (χ4n) is 2.07. The molecule has 0 aliphatic rings. The minimum atomic E-state index is -4.54. The van der Waals surface area contributed by atoms with Crippen LogP contribution in [-0.2, 0) is 6.18 Å². The van der Waals surface area contributed by atoms with Crippen LogP contribution in [-0.4, -0.2) is 16.8 Å². The fraction of sp³-hybridized carbons (Fsp3) is 0.0625. The second-order valence-corrected chi connectivity index (χ2v) is 6.58. The zero-order valence-corrected chi connectivity index (χ0v) is 14.3. The average Bonchev–Trinajstić information content (AvgIpc) is 3.03. The predicted octanol–water partition coefficient (Wildman–Crippen LogP) is 4.04. The minimum absolute atomic E-state index is 0.0845. The molecule has 0 aliphatic heterocycles. The normalized spacial score (nSPS) is 11.4. The SMILES string of the molecule is O=C(NNC(=O)c1ccc2nc(C(F)(F)F)sc2c1)c1cccc(Cl)c1. The average molecular weight is 400 g/mol. The van der Waals surface area contributed by atoms with Gasteiger partial charge in [-0.2, -0.15) is 13.2 Å². The van der Waals surface area contributed by atoms with E-state index in [2.05, 4.69) is 15.8 Å². The maximum Gasteiger partial charge on any atom is 0.443 e. The largest absolute Gasteiger partial charge is 0.443 e. The fourth-order valence-corrected chi connectivity index (χ4v) is 3.14. The lowest BCUT2D eigenvalue weighted by Gasteiger charge is -2.07. The number of aromatic nitrogens is 1. The Hall–Kier alpha value is -2.65. The Kier molecular flexibility index (Phi) is 4.84. The van der Waals surface area contributed by atoms with E-state index in [9.17, 15) is 22.8 Å². The van der Waals surface area contributed by atoms with Crippen LogP contribution in [0.1, 0.15) is 25.7 Å². The molecule has 0 atom stereocenters. The molecule has 1 heterocycles. The van der Waals surface area contributed by atoms with E-state index in [1.165, 1.54) is 30.3 Å². The van der Waals surface area contributed by atoms with Crippen molar-refractivity contribution in [2.24, 2.45) is 0 Å². The number of carbonyl (C=O) groups is 2. The number of hydrazine groups is 1. The molecule has 0 unspecified atom stereocenters. The molecule has 0 saturated heterocycles. The van der Waals surface area contributed by atoms with Crippen LogP contribution in [0.2, 0.25) is 5.02 Å². The van der Waals surface area contributed by atoms with Gasteiger partial charge in [0.1, 0.15) is 0 Å². The molecule has 3 rings (SSSR count). The molecule has 2 aromatic carbocycles. The van der Waals surface area contributed by atoms with Crippen LogP contribution in [0.15, 0.2) is 42.5 Å². The van der Waals surface area contributed by atoms with Gasteiger partial charge in [0.2, 0.25) is 0 Å². The van der Waals surface area contributed by atoms with Gasteiger partial charge in [0.25, 0.3) is 11.8 Å². The number of carbonyl (C=O) groups excluding carboxylic acids is 2. The Labute approximate surface area is 153 Å². The van der Waals surface area contributed by atoms with Crippen molar-refractivity contribution in [1.82, 2.24) is 15.8 Å². The summed E-state index contributed by atoms with van der Waals surface area (Å²) in [7, 11) is 0. The van der Waals surface area contributed by atoms with Gasteiger partial charge in [0.15, 0.2) is 5.01 Å². The van der Waals surface area contributed by atoms with Crippen LogP contribution in [0, 0.1) is 0 Å². The van der Waals surface area contributed by atoms with Gasteiger partial charge in [-0.25, -0.2) is 4.98 Å². The summed E-state index contributed by atoms with van der Waals surface area (Å²) in [5.74, 6) is -1.26. The highest BCUT2D eigenvalue weighted by atomic mass is 35.5. The second kappa shape index (κ2) is 6.93. The Balaban J connectivity index is 1.72. The van der Waals surface area contributed by atoms with E-state index >= 15 is 0 Å². The van der Waals surface area contributed by atoms with E-state index < -0.39 is 23.0 Å². The number of rotatable bonds is 2. The predicted molar refractivity (Wildman–Crippen MR) is 91.0 cm³/mol. The lowest BCUT2D eigenvalue weighted by atomic mass is 10.2. The number of hydrogen-bond acceptors (Lipinski definition) is 4. The Morgan fingerprint density at radius 3 is 2.27 bits per heavy atom. The molecule has 0 saturated carbocycles. The van der Waals surface area contributed by atoms with Crippen molar-refractivity contribution in [3.63, 3.8) is 0 Å². The first-order chi connectivity index (χ1) is 12.2. The molecule has 134 valence electrons. The lowest BCUT2D eigenvalue weighted by Crippen LogP contribution is -2.41. The standard InChI is InChI=1S/C16H9ClF3N3O2S/c17-10-3-1-2-8(6-10)13(24)22-23-14(25)9-4-5-11-12(7-9)26-15(21-11)16(18,19)20/h1-7H,(H,22,24)(H,23,25). The number of thiazole rings is 1. The van der Waals surface area contributed by atoms with Crippen LogP contribution in [0.3, 0.4) is 0 Å². The zero-order chi connectivity index (χ0) is 18.9. The van der Waals surface area contributed by atoms with E-state index in [0.29, 0.717) is 16.4 Å². The summed E-state index contributed by atoms with van der Waals surface area (Å²) in [6.07, 6.45) is -4.54. The van der Waals surface area contributed by atoms with Gasteiger partial charge in [-0.1, -0.05) is 17.7 Å². The first kappa shape index (κ1) is 18.2. The third-order valence-electron chi connectivity index (χ3n) is 3.27. The van der Waals surface area contributed by atoms with Crippen molar-refractivity contribution >= 4 is 45.0 Å². The van der Waals surface area contributed by atoms with Crippen LogP contribution < -0.4 is 10.9 Å². The van der Waals surface area contributed by atoms with Crippen molar-refractivity contribution in [2.75, 3.05) is 0 Å². The highest BCUT2D eigenvalue weighted by molar-refractivity contribution is 7.18. The Morgan fingerprint density at radius 2 is 1.65 bits per heavy atom. The molecule has 3 aromatic rings. The molecule has 0 radical (unpaired) electrons. The second-order valence-electron chi connectivity index (χ2n) is 5.12. The summed E-state index contributed by atoms with van der Waals surface area (Å²) in [5, 5.41) is -0.626. The molecular formula is C16H9ClF3N3O2S. The van der Waals surface area contributed by atoms with Gasteiger partial charge < -0.3 is 0 Å². The number of alkyl halides is 3. The molecule has 2 amide bonds. The molecule has 26 heavy (non-hydrogen) atoms. The molecule has 0 aliphatic carbocycles. The van der Waals surface area contributed by atoms with E-state index in [1.807, 2.05) is 0 Å². The smallest absolute Gasteiger partial charge is 0.267 e. The molecule has 5 nitrogen and oxygen atoms in total. The molecule has 1 aromatic heterocycles. The summed E-state index contributed by atoms with van der Waals surface area (Å²) in [4.78, 5) is 27.5. The first-order valence-electron chi connectivity index (χ1n) is 7.08. The summed E-state index contributed by atoms with van der Waals surface area (Å²) >= 11 is 6.23. The molecule has 2 N–H and O–H groups in total. The number of amides is 2. The maximum atomic E-state index is 12.7. The quantitative estimate of drug-likeness (QED) is 0.639. The topological polar surface area (TPSA) is 71.1 Å². The van der Waals surface area contributed by atoms with Crippen molar-refractivity contribution in [2.45, 2.75) is 6.18 Å². The third-order valence-corrected chi connectivity index (χ3v) is 4.57. The molecule has 10 heteroatoms. The highest BCUT2D eigenvalue weighted by Crippen LogP contribution is 2.35. The number of hydrogen-bond donors (Lipinski definition) is 2. The van der Waals surface area contributed by atoms with Gasteiger partial charge in [-0.3, -0.25) is 20.4 Å². The first-order valence-corrected chi connectivity index (χ1v) is 8.27. The molecule has 0 spiro atoms. The van der Waals surface area contributed by atoms with Crippen molar-refractivity contribution in [1.29, 1.82) is 0 Å². The van der Waals surface area contributed by atoms with Crippen molar-refractivity contribution in [3.8, 4) is 0 Å². The van der Waals surface area contributed by atoms with E-state index in [1.54, 1.807) is 12.1 Å². The molecular weight excluding hydrogens is 391 g/mol. The summed E-state index contributed by atoms with van der Waals surface area (Å²) in [5.41, 5.74) is 4.88. The van der Waals surface area contributed by atoms with E-state index in [0.717, 1.165) is 0 Å². The summed E-state index contributed by atoms with van der Waals surface area (Å²) < 4.78 is 38.3. The number of benzene rings is 2. The highest BCUT2D eigenvalue weighted by Gasteiger charge is 2.34. The van der Waals surface area contributed by atoms with E-state index in [4.69, 9.17) is 11.6 Å². The Bertz CT molecular complexity index is 1000. The maximum absolute atomic E-state index is 12.7. The molecule has 0 fully saturated rings. The van der Waals surface area contributed by atoms with Crippen LogP contribution >= 0.6 is 22.9 Å². The lowest BCUT2D eigenvalue weighted by molar-refractivity contribution is -0.137. The van der Waals surface area contributed by atoms with E-state index in [-0.39, 0.29) is 21.3 Å². The summed E-state index contributed by atoms with van der Waals surface area (Å²) in [6, 6.07) is 10.0. The monoisotopic (exact) mass is 399 g/mol. The van der Waals surface area contributed by atoms with Gasteiger partial charge in [0, 0.05) is 16.1 Å². The number of halogens is 4. The van der Waals surface area contributed by atoms with Gasteiger partial charge in [-0.15, -0.1) is 11.3 Å². The number of fused-ring (bicyclic) bond motifs is 1. The van der Waals surface area contributed by atoms with Crippen molar-refractivity contribution < 1.29 is 22.8 Å². The van der Waals surface area contributed by atoms with Crippen LogP contribution in [0.4, 0.5) is 13.2 Å². The van der Waals surface area contributed by atoms with Crippen LogP contribution in [0.25, 0.3) is 10.2 Å². The number of nitrogens with zero attached hydrogens (tertiary/aromatic N) is 1. The van der Waals surface area contributed by atoms with Gasteiger partial charge in [0.05, 0.1) is 10.2 Å². The van der Waals surface area contributed by atoms with Crippen molar-refractivity contribution in [3.05, 3.63) is 63.6 Å². The number of nitrogens with one attached hydrogen (secondary N) is 2.